The maximum Gasteiger partial charge on any atom is 0.129 e. The standard InChI is InChI=1S/C13H25N3O2S/c1-6-10(18-11(19)7-17)16-9(4)13(15-5)12(14)8(2)3/h10-11,15-17,19H,2,4,6-7,14H2,1,3,5H3/b13-12+. The first kappa shape index (κ1) is 17.9. The monoisotopic (exact) mass is 287 g/mol. The van der Waals surface area contributed by atoms with Gasteiger partial charge in [-0.2, -0.15) is 0 Å². The molecule has 110 valence electrons. The third-order valence-corrected chi connectivity index (χ3v) is 2.75. The van der Waals surface area contributed by atoms with Gasteiger partial charge in [-0.3, -0.25) is 0 Å². The fourth-order valence-electron chi connectivity index (χ4n) is 1.39. The van der Waals surface area contributed by atoms with Gasteiger partial charge in [0.15, 0.2) is 0 Å². The van der Waals surface area contributed by atoms with Gasteiger partial charge in [-0.15, -0.1) is 12.6 Å². The summed E-state index contributed by atoms with van der Waals surface area (Å²) in [5.74, 6) is 0. The van der Waals surface area contributed by atoms with E-state index >= 15 is 0 Å². The van der Waals surface area contributed by atoms with Gasteiger partial charge in [0.25, 0.3) is 0 Å². The Labute approximate surface area is 121 Å². The molecule has 0 heterocycles. The quantitative estimate of drug-likeness (QED) is 0.249. The predicted molar refractivity (Wildman–Crippen MR) is 82.4 cm³/mol. The van der Waals surface area contributed by atoms with E-state index in [1.807, 2.05) is 13.8 Å². The number of nitrogens with one attached hydrogen (secondary N) is 2. The van der Waals surface area contributed by atoms with Crippen LogP contribution in [0.15, 0.2) is 35.8 Å². The zero-order valence-electron chi connectivity index (χ0n) is 11.9. The number of aliphatic hydroxyl groups excluding tert-OH is 1. The van der Waals surface area contributed by atoms with Crippen molar-refractivity contribution in [1.82, 2.24) is 10.6 Å². The molecule has 0 radical (unpaired) electrons. The molecule has 0 fully saturated rings. The van der Waals surface area contributed by atoms with Crippen molar-refractivity contribution >= 4 is 12.6 Å². The Kier molecular flexibility index (Phi) is 8.38. The molecule has 5 nitrogen and oxygen atoms in total. The van der Waals surface area contributed by atoms with Gasteiger partial charge in [0.05, 0.1) is 23.7 Å². The summed E-state index contributed by atoms with van der Waals surface area (Å²) in [4.78, 5) is 0. The summed E-state index contributed by atoms with van der Waals surface area (Å²) in [5.41, 5.74) is 7.98. The van der Waals surface area contributed by atoms with Crippen molar-refractivity contribution in [3.63, 3.8) is 0 Å². The Bertz CT molecular complexity index is 356. The van der Waals surface area contributed by atoms with Gasteiger partial charge in [-0.25, -0.2) is 0 Å². The summed E-state index contributed by atoms with van der Waals surface area (Å²) in [6.07, 6.45) is 0.392. The zero-order chi connectivity index (χ0) is 15.0. The Balaban J connectivity index is 4.81. The van der Waals surface area contributed by atoms with Gasteiger partial charge in [-0.1, -0.05) is 20.1 Å². The van der Waals surface area contributed by atoms with E-state index in [2.05, 4.69) is 36.4 Å². The van der Waals surface area contributed by atoms with E-state index in [-0.39, 0.29) is 12.8 Å². The molecular formula is C13H25N3O2S. The van der Waals surface area contributed by atoms with Gasteiger partial charge < -0.3 is 26.2 Å². The van der Waals surface area contributed by atoms with Crippen LogP contribution in [0, 0.1) is 0 Å². The molecule has 0 spiro atoms. The Morgan fingerprint density at radius 1 is 1.47 bits per heavy atom. The molecule has 0 aliphatic rings. The van der Waals surface area contributed by atoms with E-state index < -0.39 is 5.44 Å². The lowest BCUT2D eigenvalue weighted by Crippen LogP contribution is -2.36. The average Bonchev–Trinajstić information content (AvgIpc) is 2.38. The van der Waals surface area contributed by atoms with Crippen molar-refractivity contribution < 1.29 is 9.84 Å². The van der Waals surface area contributed by atoms with Gasteiger partial charge in [0.2, 0.25) is 0 Å². The van der Waals surface area contributed by atoms with Crippen LogP contribution in [0.3, 0.4) is 0 Å². The number of thiol groups is 1. The van der Waals surface area contributed by atoms with Crippen LogP contribution < -0.4 is 16.4 Å². The second-order valence-corrected chi connectivity index (χ2v) is 4.69. The summed E-state index contributed by atoms with van der Waals surface area (Å²) in [6, 6.07) is 0. The van der Waals surface area contributed by atoms with Crippen molar-refractivity contribution in [2.45, 2.75) is 31.9 Å². The van der Waals surface area contributed by atoms with Crippen LogP contribution in [0.2, 0.25) is 0 Å². The highest BCUT2D eigenvalue weighted by Crippen LogP contribution is 2.12. The van der Waals surface area contributed by atoms with Crippen LogP contribution in [0.4, 0.5) is 0 Å². The van der Waals surface area contributed by atoms with E-state index in [9.17, 15) is 0 Å². The molecule has 5 N–H and O–H groups in total. The second-order valence-electron chi connectivity index (χ2n) is 4.11. The third-order valence-electron chi connectivity index (χ3n) is 2.46. The van der Waals surface area contributed by atoms with Crippen molar-refractivity contribution in [1.29, 1.82) is 0 Å². The lowest BCUT2D eigenvalue weighted by molar-refractivity contribution is -0.00492. The average molecular weight is 287 g/mol. The first-order valence-corrected chi connectivity index (χ1v) is 6.62. The Morgan fingerprint density at radius 3 is 2.42 bits per heavy atom. The number of hydrogen-bond donors (Lipinski definition) is 5. The summed E-state index contributed by atoms with van der Waals surface area (Å²) >= 11 is 4.09. The van der Waals surface area contributed by atoms with Crippen molar-refractivity contribution in [3.8, 4) is 0 Å². The molecule has 0 bridgehead atoms. The number of allylic oxidation sites excluding steroid dienone is 1. The minimum Gasteiger partial charge on any atom is -0.397 e. The molecule has 0 rings (SSSR count). The maximum atomic E-state index is 8.92. The number of hydrogen-bond acceptors (Lipinski definition) is 6. The van der Waals surface area contributed by atoms with E-state index in [4.69, 9.17) is 15.6 Å². The van der Waals surface area contributed by atoms with Gasteiger partial charge in [0, 0.05) is 7.05 Å². The first-order chi connectivity index (χ1) is 8.87. The zero-order valence-corrected chi connectivity index (χ0v) is 12.8. The minimum atomic E-state index is -0.536. The molecule has 0 saturated heterocycles. The van der Waals surface area contributed by atoms with Crippen LogP contribution in [-0.2, 0) is 4.74 Å². The third kappa shape index (κ3) is 6.04. The Hall–Kier alpha value is -1.11. The summed E-state index contributed by atoms with van der Waals surface area (Å²) in [6.45, 7) is 11.3. The summed E-state index contributed by atoms with van der Waals surface area (Å²) < 4.78 is 5.48. The van der Waals surface area contributed by atoms with Crippen molar-refractivity contribution in [3.05, 3.63) is 35.8 Å². The van der Waals surface area contributed by atoms with Gasteiger partial charge in [0.1, 0.15) is 11.7 Å². The number of nitrogens with two attached hydrogens (primary N) is 1. The lowest BCUT2D eigenvalue weighted by atomic mass is 10.1. The van der Waals surface area contributed by atoms with Crippen LogP contribution in [0.25, 0.3) is 0 Å². The van der Waals surface area contributed by atoms with E-state index in [1.165, 1.54) is 0 Å². The molecule has 0 aliphatic carbocycles. The maximum absolute atomic E-state index is 8.92. The summed E-state index contributed by atoms with van der Waals surface area (Å²) in [7, 11) is 1.76. The highest BCUT2D eigenvalue weighted by molar-refractivity contribution is 7.80. The minimum absolute atomic E-state index is 0.156. The molecule has 19 heavy (non-hydrogen) atoms. The van der Waals surface area contributed by atoms with Crippen LogP contribution in [0.5, 0.6) is 0 Å². The summed E-state index contributed by atoms with van der Waals surface area (Å²) in [5, 5.41) is 15.0. The number of rotatable bonds is 9. The van der Waals surface area contributed by atoms with Gasteiger partial charge >= 0.3 is 0 Å². The predicted octanol–water partition coefficient (Wildman–Crippen LogP) is 1.06. The number of aliphatic hydroxyl groups is 1. The fourth-order valence-corrected chi connectivity index (χ4v) is 1.54. The number of likely N-dealkylation sites (N-methyl/N-ethyl adjacent to an activating group) is 1. The van der Waals surface area contributed by atoms with Gasteiger partial charge in [-0.05, 0) is 18.9 Å². The van der Waals surface area contributed by atoms with E-state index in [1.54, 1.807) is 7.05 Å². The molecule has 2 atom stereocenters. The smallest absolute Gasteiger partial charge is 0.129 e. The van der Waals surface area contributed by atoms with Crippen LogP contribution in [-0.4, -0.2) is 30.4 Å². The van der Waals surface area contributed by atoms with Crippen molar-refractivity contribution in [2.24, 2.45) is 5.73 Å². The highest BCUT2D eigenvalue weighted by atomic mass is 32.1. The first-order valence-electron chi connectivity index (χ1n) is 6.10. The topological polar surface area (TPSA) is 79.5 Å². The molecule has 0 aromatic heterocycles. The molecule has 2 unspecified atom stereocenters. The SMILES string of the molecule is C=C(C)/C(N)=C(\NC)C(=C)NC(CC)OC(S)CO. The highest BCUT2D eigenvalue weighted by Gasteiger charge is 2.14. The fraction of sp³-hybridized carbons (Fsp3) is 0.538. The lowest BCUT2D eigenvalue weighted by Gasteiger charge is -2.24. The van der Waals surface area contributed by atoms with Crippen LogP contribution in [0.1, 0.15) is 20.3 Å². The molecule has 0 amide bonds. The molecular weight excluding hydrogens is 262 g/mol. The molecule has 0 aromatic rings. The van der Waals surface area contributed by atoms with Crippen molar-refractivity contribution in [2.75, 3.05) is 13.7 Å². The molecule has 0 aromatic carbocycles. The Morgan fingerprint density at radius 2 is 2.05 bits per heavy atom. The molecule has 6 heteroatoms. The van der Waals surface area contributed by atoms with Crippen LogP contribution >= 0.6 is 12.6 Å². The molecule has 0 aliphatic heterocycles. The number of ether oxygens (including phenoxy) is 1. The van der Waals surface area contributed by atoms with E-state index in [0.717, 1.165) is 5.57 Å². The van der Waals surface area contributed by atoms with E-state index in [0.29, 0.717) is 23.5 Å². The molecule has 0 saturated carbocycles. The largest absolute Gasteiger partial charge is 0.397 e. The normalized spacial score (nSPS) is 15.2. The second kappa shape index (κ2) is 8.90.